The molecule has 3 aliphatic heterocycles. The van der Waals surface area contributed by atoms with Crippen LogP contribution in [0.4, 0.5) is 0 Å². The van der Waals surface area contributed by atoms with Gasteiger partial charge in [0.15, 0.2) is 11.0 Å². The van der Waals surface area contributed by atoms with Crippen LogP contribution in [0, 0.1) is 0 Å². The van der Waals surface area contributed by atoms with Gasteiger partial charge in [-0.15, -0.1) is 5.10 Å². The molecule has 0 unspecified atom stereocenters. The highest BCUT2D eigenvalue weighted by molar-refractivity contribution is 7.98. The quantitative estimate of drug-likeness (QED) is 0.231. The molecule has 4 heterocycles. The number of aromatic nitrogens is 5. The predicted octanol–water partition coefficient (Wildman–Crippen LogP) is 5.25. The average molecular weight is 472 g/mol. The lowest BCUT2D eigenvalue weighted by molar-refractivity contribution is 0.571. The third kappa shape index (κ3) is 4.10. The van der Waals surface area contributed by atoms with Gasteiger partial charge in [-0.1, -0.05) is 59.6 Å². The largest absolute Gasteiger partial charge is 0.324 e. The monoisotopic (exact) mass is 471 g/mol. The predicted molar refractivity (Wildman–Crippen MR) is 124 cm³/mol. The molecule has 0 fully saturated rings. The topological polar surface area (TPSA) is 65.6 Å². The molecule has 31 heavy (non-hydrogen) atoms. The Hall–Kier alpha value is -2.35. The second kappa shape index (κ2) is 8.65. The molecule has 1 aromatic heterocycles. The molecule has 0 atom stereocenters. The lowest BCUT2D eigenvalue weighted by Crippen LogP contribution is -2.19. The molecule has 0 aliphatic carbocycles. The summed E-state index contributed by atoms with van der Waals surface area (Å²) in [6.07, 6.45) is 4.08. The minimum absolute atomic E-state index is 0.108. The fourth-order valence-corrected chi connectivity index (χ4v) is 5.43. The zero-order valence-electron chi connectivity index (χ0n) is 16.6. The molecular formula is C22H19Cl2N5OS. The van der Waals surface area contributed by atoms with E-state index in [1.165, 1.54) is 4.68 Å². The van der Waals surface area contributed by atoms with Gasteiger partial charge in [-0.25, -0.2) is 9.97 Å². The molecule has 3 aliphatic rings. The van der Waals surface area contributed by atoms with E-state index in [0.29, 0.717) is 27.4 Å². The van der Waals surface area contributed by atoms with Gasteiger partial charge < -0.3 is 4.57 Å². The number of pyridine rings is 1. The van der Waals surface area contributed by atoms with Crippen LogP contribution in [0.2, 0.25) is 10.3 Å². The third-order valence-corrected chi connectivity index (χ3v) is 6.79. The van der Waals surface area contributed by atoms with Crippen LogP contribution >= 0.6 is 35.0 Å². The summed E-state index contributed by atoms with van der Waals surface area (Å²) in [4.78, 5) is 22.1. The van der Waals surface area contributed by atoms with Crippen molar-refractivity contribution in [2.75, 3.05) is 0 Å². The Morgan fingerprint density at radius 3 is 2.55 bits per heavy atom. The van der Waals surface area contributed by atoms with Crippen molar-refractivity contribution in [2.45, 2.75) is 43.1 Å². The first-order valence-electron chi connectivity index (χ1n) is 10.1. The first-order chi connectivity index (χ1) is 15.1. The molecule has 0 amide bonds. The van der Waals surface area contributed by atoms with Gasteiger partial charge in [0, 0.05) is 18.0 Å². The van der Waals surface area contributed by atoms with Crippen molar-refractivity contribution in [2.24, 2.45) is 0 Å². The molecular weight excluding hydrogens is 453 g/mol. The number of fused-ring (bicyclic) bond motifs is 3. The molecule has 0 saturated carbocycles. The van der Waals surface area contributed by atoms with Crippen molar-refractivity contribution >= 4 is 35.0 Å². The number of thioether (sulfide) groups is 1. The lowest BCUT2D eigenvalue weighted by Gasteiger charge is -2.17. The molecule has 1 aromatic carbocycles. The van der Waals surface area contributed by atoms with Crippen LogP contribution in [0.3, 0.4) is 0 Å². The van der Waals surface area contributed by atoms with E-state index in [2.05, 4.69) is 14.6 Å². The second-order valence-corrected chi connectivity index (χ2v) is 9.18. The van der Waals surface area contributed by atoms with Gasteiger partial charge in [0.2, 0.25) is 0 Å². The van der Waals surface area contributed by atoms with E-state index in [-0.39, 0.29) is 5.56 Å². The third-order valence-electron chi connectivity index (χ3n) is 5.36. The van der Waals surface area contributed by atoms with Gasteiger partial charge in [0.1, 0.15) is 15.9 Å². The molecule has 9 heteroatoms. The Morgan fingerprint density at radius 2 is 1.77 bits per heavy atom. The summed E-state index contributed by atoms with van der Waals surface area (Å²) in [5.74, 6) is 1.14. The van der Waals surface area contributed by atoms with E-state index < -0.39 is 0 Å². The SMILES string of the molecule is O=c1c2c3n(c(SCc4cc(Cl)nc(Cl)c4)nc-2nn1-c1ccccc1)CCCCC3. The summed E-state index contributed by atoms with van der Waals surface area (Å²) in [6, 6.07) is 13.1. The molecule has 2 aromatic rings. The fraction of sp³-hybridized carbons (Fsp3) is 0.273. The molecule has 5 rings (SSSR count). The van der Waals surface area contributed by atoms with Crippen LogP contribution in [0.25, 0.3) is 17.1 Å². The van der Waals surface area contributed by atoms with Gasteiger partial charge >= 0.3 is 0 Å². The van der Waals surface area contributed by atoms with Crippen LogP contribution in [0.1, 0.15) is 30.5 Å². The molecule has 0 radical (unpaired) electrons. The maximum Gasteiger partial charge on any atom is 0.284 e. The van der Waals surface area contributed by atoms with E-state index in [1.807, 2.05) is 42.5 Å². The van der Waals surface area contributed by atoms with Crippen LogP contribution in [0.15, 0.2) is 52.4 Å². The van der Waals surface area contributed by atoms with Crippen LogP contribution < -0.4 is 5.56 Å². The fourth-order valence-electron chi connectivity index (χ4n) is 3.95. The van der Waals surface area contributed by atoms with Crippen molar-refractivity contribution in [3.63, 3.8) is 0 Å². The lowest BCUT2D eigenvalue weighted by atomic mass is 10.1. The van der Waals surface area contributed by atoms with Gasteiger partial charge in [-0.3, -0.25) is 4.79 Å². The Bertz CT molecular complexity index is 1250. The van der Waals surface area contributed by atoms with Crippen molar-refractivity contribution in [1.29, 1.82) is 0 Å². The minimum Gasteiger partial charge on any atom is -0.324 e. The molecule has 0 saturated heterocycles. The Kier molecular flexibility index (Phi) is 5.73. The minimum atomic E-state index is -0.108. The van der Waals surface area contributed by atoms with Crippen molar-refractivity contribution < 1.29 is 0 Å². The highest BCUT2D eigenvalue weighted by Crippen LogP contribution is 2.32. The molecule has 0 bridgehead atoms. The van der Waals surface area contributed by atoms with Gasteiger partial charge in [0.05, 0.1) is 5.69 Å². The zero-order valence-corrected chi connectivity index (χ0v) is 18.9. The average Bonchev–Trinajstić information content (AvgIpc) is 2.92. The molecule has 6 nitrogen and oxygen atoms in total. The highest BCUT2D eigenvalue weighted by atomic mass is 35.5. The summed E-state index contributed by atoms with van der Waals surface area (Å²) >= 11 is 13.7. The molecule has 158 valence electrons. The normalized spacial score (nSPS) is 13.9. The van der Waals surface area contributed by atoms with Crippen LogP contribution in [-0.2, 0) is 18.7 Å². The second-order valence-electron chi connectivity index (χ2n) is 7.46. The van der Waals surface area contributed by atoms with E-state index >= 15 is 0 Å². The Labute approximate surface area is 193 Å². The van der Waals surface area contributed by atoms with Crippen molar-refractivity contribution in [3.8, 4) is 17.1 Å². The van der Waals surface area contributed by atoms with Gasteiger partial charge in [0.25, 0.3) is 5.56 Å². The smallest absolute Gasteiger partial charge is 0.284 e. The number of hydrogen-bond donors (Lipinski definition) is 0. The van der Waals surface area contributed by atoms with Crippen molar-refractivity contribution in [3.05, 3.63) is 74.4 Å². The standard InChI is InChI=1S/C22H19Cl2N5OS/c23-17-11-14(12-18(24)25-17)13-31-22-26-20-19(16-9-5-2-6-10-28(16)22)21(30)29(27-20)15-7-3-1-4-8-15/h1,3-4,7-8,11-12H,2,5-6,9-10,13H2. The summed E-state index contributed by atoms with van der Waals surface area (Å²) in [5, 5.41) is 6.17. The van der Waals surface area contributed by atoms with Crippen LogP contribution in [-0.4, -0.2) is 24.3 Å². The molecule has 0 spiro atoms. The number of benzene rings is 1. The van der Waals surface area contributed by atoms with E-state index in [1.54, 1.807) is 11.8 Å². The van der Waals surface area contributed by atoms with Gasteiger partial charge in [-0.2, -0.15) is 4.68 Å². The molecule has 0 N–H and O–H groups in total. The van der Waals surface area contributed by atoms with Crippen LogP contribution in [0.5, 0.6) is 0 Å². The summed E-state index contributed by atoms with van der Waals surface area (Å²) in [7, 11) is 0. The van der Waals surface area contributed by atoms with Crippen molar-refractivity contribution in [1.82, 2.24) is 24.3 Å². The first kappa shape index (κ1) is 20.5. The first-order valence-corrected chi connectivity index (χ1v) is 11.9. The Balaban J connectivity index is 1.60. The van der Waals surface area contributed by atoms with E-state index in [0.717, 1.165) is 54.3 Å². The zero-order chi connectivity index (χ0) is 21.4. The maximum absolute atomic E-state index is 13.3. The summed E-state index contributed by atoms with van der Waals surface area (Å²) in [6.45, 7) is 0.842. The highest BCUT2D eigenvalue weighted by Gasteiger charge is 2.27. The van der Waals surface area contributed by atoms with E-state index in [4.69, 9.17) is 28.2 Å². The maximum atomic E-state index is 13.3. The van der Waals surface area contributed by atoms with Gasteiger partial charge in [-0.05, 0) is 49.1 Å². The van der Waals surface area contributed by atoms with E-state index in [9.17, 15) is 4.79 Å². The number of rotatable bonds is 4. The number of para-hydroxylation sites is 1. The number of hydrogen-bond acceptors (Lipinski definition) is 5. The Morgan fingerprint density at radius 1 is 1.00 bits per heavy atom. The summed E-state index contributed by atoms with van der Waals surface area (Å²) < 4.78 is 3.66. The summed E-state index contributed by atoms with van der Waals surface area (Å²) in [5.41, 5.74) is 3.27. The number of halogens is 2. The number of nitrogens with zero attached hydrogens (tertiary/aromatic N) is 5.